The third kappa shape index (κ3) is 6.43. The van der Waals surface area contributed by atoms with Crippen molar-refractivity contribution in [2.75, 3.05) is 7.11 Å². The molecule has 0 saturated heterocycles. The van der Waals surface area contributed by atoms with Crippen molar-refractivity contribution in [3.8, 4) is 17.6 Å². The summed E-state index contributed by atoms with van der Waals surface area (Å²) in [5.41, 5.74) is 5.53. The molecular formula is C24H20BrN3O3. The highest BCUT2D eigenvalue weighted by Crippen LogP contribution is 2.28. The number of amides is 1. The summed E-state index contributed by atoms with van der Waals surface area (Å²) in [6, 6.07) is 22.3. The summed E-state index contributed by atoms with van der Waals surface area (Å²) in [6.07, 6.45) is 1.78. The fraction of sp³-hybridized carbons (Fsp3) is 0.125. The van der Waals surface area contributed by atoms with Crippen molar-refractivity contribution < 1.29 is 14.3 Å². The van der Waals surface area contributed by atoms with Gasteiger partial charge in [-0.15, -0.1) is 0 Å². The molecule has 1 amide bonds. The van der Waals surface area contributed by atoms with E-state index >= 15 is 0 Å². The number of methoxy groups -OCH3 is 1. The van der Waals surface area contributed by atoms with E-state index in [-0.39, 0.29) is 18.9 Å². The van der Waals surface area contributed by atoms with Crippen LogP contribution in [0.4, 0.5) is 0 Å². The Balaban J connectivity index is 1.59. The van der Waals surface area contributed by atoms with Gasteiger partial charge in [0.1, 0.15) is 6.61 Å². The van der Waals surface area contributed by atoms with Crippen molar-refractivity contribution >= 4 is 28.1 Å². The number of hydrazone groups is 1. The van der Waals surface area contributed by atoms with Gasteiger partial charge in [-0.05, 0) is 47.5 Å². The van der Waals surface area contributed by atoms with Gasteiger partial charge in [0, 0.05) is 10.0 Å². The number of rotatable bonds is 8. The minimum absolute atomic E-state index is 0.207. The number of hydrogen-bond acceptors (Lipinski definition) is 5. The van der Waals surface area contributed by atoms with Gasteiger partial charge >= 0.3 is 0 Å². The minimum atomic E-state index is -0.207. The summed E-state index contributed by atoms with van der Waals surface area (Å²) in [5.74, 6) is 0.868. The lowest BCUT2D eigenvalue weighted by molar-refractivity contribution is -0.120. The summed E-state index contributed by atoms with van der Waals surface area (Å²) < 4.78 is 12.2. The molecular weight excluding hydrogens is 458 g/mol. The molecule has 156 valence electrons. The lowest BCUT2D eigenvalue weighted by Gasteiger charge is -2.12. The topological polar surface area (TPSA) is 83.7 Å². The monoisotopic (exact) mass is 477 g/mol. The van der Waals surface area contributed by atoms with Gasteiger partial charge in [-0.1, -0.05) is 46.3 Å². The van der Waals surface area contributed by atoms with Gasteiger partial charge in [-0.25, -0.2) is 5.43 Å². The highest BCUT2D eigenvalue weighted by atomic mass is 79.9. The van der Waals surface area contributed by atoms with Gasteiger partial charge in [-0.3, -0.25) is 4.79 Å². The zero-order valence-corrected chi connectivity index (χ0v) is 18.4. The molecule has 6 nitrogen and oxygen atoms in total. The molecule has 0 saturated carbocycles. The number of carbonyl (C=O) groups is 1. The summed E-state index contributed by atoms with van der Waals surface area (Å²) in [7, 11) is 1.55. The SMILES string of the molecule is COc1cc(/C=N\NC(=O)Cc2ccc(Br)cc2)ccc1OCc1ccccc1C#N. The Morgan fingerprint density at radius 1 is 1.13 bits per heavy atom. The Bertz CT molecular complexity index is 1120. The number of halogens is 1. The van der Waals surface area contributed by atoms with Crippen LogP contribution >= 0.6 is 15.9 Å². The van der Waals surface area contributed by atoms with Crippen LogP contribution in [-0.4, -0.2) is 19.2 Å². The van der Waals surface area contributed by atoms with Crippen LogP contribution in [0.2, 0.25) is 0 Å². The second-order valence-electron chi connectivity index (χ2n) is 6.56. The Labute approximate surface area is 189 Å². The number of ether oxygens (including phenoxy) is 2. The molecule has 0 aliphatic carbocycles. The summed E-state index contributed by atoms with van der Waals surface area (Å²) >= 11 is 3.37. The Kier molecular flexibility index (Phi) is 7.79. The van der Waals surface area contributed by atoms with Gasteiger partial charge in [-0.2, -0.15) is 10.4 Å². The van der Waals surface area contributed by atoms with Crippen LogP contribution in [0.1, 0.15) is 22.3 Å². The summed E-state index contributed by atoms with van der Waals surface area (Å²) in [5, 5.41) is 13.2. The minimum Gasteiger partial charge on any atom is -0.493 e. The molecule has 0 atom stereocenters. The second kappa shape index (κ2) is 11.0. The third-order valence-corrected chi connectivity index (χ3v) is 4.92. The number of carbonyl (C=O) groups excluding carboxylic acids is 1. The zero-order valence-electron chi connectivity index (χ0n) is 16.8. The lowest BCUT2D eigenvalue weighted by atomic mass is 10.1. The molecule has 3 aromatic rings. The van der Waals surface area contributed by atoms with E-state index < -0.39 is 0 Å². The molecule has 0 spiro atoms. The fourth-order valence-electron chi connectivity index (χ4n) is 2.80. The van der Waals surface area contributed by atoms with Gasteiger partial charge in [0.05, 0.1) is 31.4 Å². The Morgan fingerprint density at radius 2 is 1.90 bits per heavy atom. The average Bonchev–Trinajstić information content (AvgIpc) is 2.79. The van der Waals surface area contributed by atoms with Gasteiger partial charge in [0.15, 0.2) is 11.5 Å². The van der Waals surface area contributed by atoms with Crippen molar-refractivity contribution in [1.82, 2.24) is 5.43 Å². The lowest BCUT2D eigenvalue weighted by Crippen LogP contribution is -2.19. The predicted octanol–water partition coefficient (Wildman–Crippen LogP) is 4.60. The molecule has 0 radical (unpaired) electrons. The maximum atomic E-state index is 12.0. The van der Waals surface area contributed by atoms with E-state index in [2.05, 4.69) is 32.5 Å². The van der Waals surface area contributed by atoms with Gasteiger partial charge in [0.2, 0.25) is 5.91 Å². The van der Waals surface area contributed by atoms with Crippen molar-refractivity contribution in [2.24, 2.45) is 5.10 Å². The Morgan fingerprint density at radius 3 is 2.65 bits per heavy atom. The first-order valence-electron chi connectivity index (χ1n) is 9.44. The standard InChI is InChI=1S/C24H20BrN3O3/c1-30-23-12-18(15-27-28-24(29)13-17-6-9-21(25)10-7-17)8-11-22(23)31-16-20-5-3-2-4-19(20)14-26/h2-12,15H,13,16H2,1H3,(H,28,29)/b27-15-. The van der Waals surface area contributed by atoms with Crippen LogP contribution in [0.5, 0.6) is 11.5 Å². The molecule has 0 aliphatic heterocycles. The molecule has 0 fully saturated rings. The first-order valence-corrected chi connectivity index (χ1v) is 10.2. The van der Waals surface area contributed by atoms with E-state index in [4.69, 9.17) is 9.47 Å². The average molecular weight is 478 g/mol. The van der Waals surface area contributed by atoms with Crippen LogP contribution in [-0.2, 0) is 17.8 Å². The molecule has 7 heteroatoms. The molecule has 3 aromatic carbocycles. The van der Waals surface area contributed by atoms with Crippen LogP contribution in [0.15, 0.2) is 76.3 Å². The van der Waals surface area contributed by atoms with E-state index in [0.29, 0.717) is 17.1 Å². The van der Waals surface area contributed by atoms with E-state index in [0.717, 1.165) is 21.2 Å². The van der Waals surface area contributed by atoms with Crippen LogP contribution < -0.4 is 14.9 Å². The third-order valence-electron chi connectivity index (χ3n) is 4.39. The van der Waals surface area contributed by atoms with Crippen LogP contribution in [0, 0.1) is 11.3 Å². The van der Waals surface area contributed by atoms with Gasteiger partial charge in [0.25, 0.3) is 0 Å². The van der Waals surface area contributed by atoms with E-state index in [1.807, 2.05) is 42.5 Å². The molecule has 0 aliphatic rings. The predicted molar refractivity (Wildman–Crippen MR) is 122 cm³/mol. The Hall–Kier alpha value is -3.63. The van der Waals surface area contributed by atoms with Crippen LogP contribution in [0.3, 0.4) is 0 Å². The fourth-order valence-corrected chi connectivity index (χ4v) is 3.06. The molecule has 0 aromatic heterocycles. The normalized spacial score (nSPS) is 10.5. The summed E-state index contributed by atoms with van der Waals surface area (Å²) in [4.78, 5) is 12.0. The van der Waals surface area contributed by atoms with Crippen molar-refractivity contribution in [1.29, 1.82) is 5.26 Å². The zero-order chi connectivity index (χ0) is 22.1. The van der Waals surface area contributed by atoms with Gasteiger partial charge < -0.3 is 9.47 Å². The molecule has 3 rings (SSSR count). The quantitative estimate of drug-likeness (QED) is 0.379. The van der Waals surface area contributed by atoms with E-state index in [1.165, 1.54) is 6.21 Å². The van der Waals surface area contributed by atoms with Crippen molar-refractivity contribution in [2.45, 2.75) is 13.0 Å². The number of nitriles is 1. The van der Waals surface area contributed by atoms with E-state index in [9.17, 15) is 10.1 Å². The number of benzene rings is 3. The molecule has 0 heterocycles. The first-order chi connectivity index (χ1) is 15.1. The highest BCUT2D eigenvalue weighted by molar-refractivity contribution is 9.10. The molecule has 31 heavy (non-hydrogen) atoms. The highest BCUT2D eigenvalue weighted by Gasteiger charge is 2.08. The van der Waals surface area contributed by atoms with E-state index in [1.54, 1.807) is 31.4 Å². The molecule has 1 N–H and O–H groups in total. The van der Waals surface area contributed by atoms with Crippen molar-refractivity contribution in [3.05, 3.63) is 93.5 Å². The number of hydrogen-bond donors (Lipinski definition) is 1. The van der Waals surface area contributed by atoms with Crippen LogP contribution in [0.25, 0.3) is 0 Å². The van der Waals surface area contributed by atoms with Crippen molar-refractivity contribution in [3.63, 3.8) is 0 Å². The second-order valence-corrected chi connectivity index (χ2v) is 7.48. The maximum Gasteiger partial charge on any atom is 0.244 e. The smallest absolute Gasteiger partial charge is 0.244 e. The number of nitrogens with one attached hydrogen (secondary N) is 1. The maximum absolute atomic E-state index is 12.0. The molecule has 0 unspecified atom stereocenters. The molecule has 0 bridgehead atoms. The first kappa shape index (κ1) is 22.1. The largest absolute Gasteiger partial charge is 0.493 e. The number of nitrogens with zero attached hydrogens (tertiary/aromatic N) is 2. The summed E-state index contributed by atoms with van der Waals surface area (Å²) in [6.45, 7) is 0.250.